The molecule has 2 aromatic carbocycles. The Morgan fingerprint density at radius 1 is 1.19 bits per heavy atom. The Morgan fingerprint density at radius 3 is 2.81 bits per heavy atom. The fraction of sp³-hybridized carbons (Fsp3) is 0.310. The molecule has 4 aromatic rings. The molecule has 214 valence electrons. The minimum atomic E-state index is -0.619. The molecule has 2 amide bonds. The van der Waals surface area contributed by atoms with Gasteiger partial charge in [0, 0.05) is 41.4 Å². The molecule has 7 rings (SSSR count). The Bertz CT molecular complexity index is 1730. The monoisotopic (exact) mass is 588 g/mol. The maximum atomic E-state index is 15.4. The van der Waals surface area contributed by atoms with Gasteiger partial charge in [0.2, 0.25) is 11.8 Å². The normalized spacial score (nSPS) is 19.9. The van der Waals surface area contributed by atoms with Gasteiger partial charge in [-0.2, -0.15) is 4.68 Å². The van der Waals surface area contributed by atoms with Gasteiger partial charge < -0.3 is 19.9 Å². The van der Waals surface area contributed by atoms with Crippen molar-refractivity contribution in [3.8, 4) is 22.7 Å². The molecular formula is C29H26ClFN8O3. The smallest absolute Gasteiger partial charge is 0.247 e. The van der Waals surface area contributed by atoms with Crippen molar-refractivity contribution in [2.45, 2.75) is 44.2 Å². The highest BCUT2D eigenvalue weighted by Crippen LogP contribution is 2.44. The fourth-order valence-electron chi connectivity index (χ4n) is 5.91. The zero-order chi connectivity index (χ0) is 29.0. The highest BCUT2D eigenvalue weighted by Gasteiger charge is 2.42. The van der Waals surface area contributed by atoms with Crippen molar-refractivity contribution in [2.24, 2.45) is 5.92 Å². The van der Waals surface area contributed by atoms with Crippen LogP contribution in [0.1, 0.15) is 49.5 Å². The number of nitrogens with zero attached hydrogens (tertiary/aromatic N) is 6. The van der Waals surface area contributed by atoms with Gasteiger partial charge in [-0.1, -0.05) is 11.6 Å². The summed E-state index contributed by atoms with van der Waals surface area (Å²) in [6, 6.07) is 8.13. The van der Waals surface area contributed by atoms with Crippen LogP contribution in [0.25, 0.3) is 22.5 Å². The minimum Gasteiger partial charge on any atom is -0.497 e. The molecule has 2 atom stereocenters. The van der Waals surface area contributed by atoms with E-state index in [2.05, 4.69) is 25.8 Å². The summed E-state index contributed by atoms with van der Waals surface area (Å²) >= 11 is 6.14. The molecule has 42 heavy (non-hydrogen) atoms. The highest BCUT2D eigenvalue weighted by atomic mass is 35.5. The van der Waals surface area contributed by atoms with Gasteiger partial charge >= 0.3 is 0 Å². The lowest BCUT2D eigenvalue weighted by Gasteiger charge is -2.33. The molecule has 0 unspecified atom stereocenters. The Morgan fingerprint density at radius 2 is 2.05 bits per heavy atom. The quantitative estimate of drug-likeness (QED) is 0.319. The van der Waals surface area contributed by atoms with E-state index in [1.54, 1.807) is 25.4 Å². The first kappa shape index (κ1) is 26.3. The number of ether oxygens (including phenoxy) is 1. The number of aromatic nitrogens is 6. The van der Waals surface area contributed by atoms with Crippen molar-refractivity contribution in [3.63, 3.8) is 0 Å². The largest absolute Gasteiger partial charge is 0.497 e. The van der Waals surface area contributed by atoms with Crippen LogP contribution >= 0.6 is 11.6 Å². The van der Waals surface area contributed by atoms with Crippen LogP contribution in [0.2, 0.25) is 5.02 Å². The second-order valence-electron chi connectivity index (χ2n) is 10.7. The third-order valence-electron chi connectivity index (χ3n) is 8.12. The van der Waals surface area contributed by atoms with E-state index in [0.717, 1.165) is 24.8 Å². The predicted octanol–water partition coefficient (Wildman–Crippen LogP) is 4.72. The lowest BCUT2D eigenvalue weighted by atomic mass is 9.92. The van der Waals surface area contributed by atoms with Gasteiger partial charge in [-0.05, 0) is 72.4 Å². The number of tetrazole rings is 1. The lowest BCUT2D eigenvalue weighted by Crippen LogP contribution is -2.39. The number of aromatic amines is 1. The van der Waals surface area contributed by atoms with E-state index in [0.29, 0.717) is 47.1 Å². The van der Waals surface area contributed by atoms with Gasteiger partial charge in [0.15, 0.2) is 5.82 Å². The summed E-state index contributed by atoms with van der Waals surface area (Å²) in [4.78, 5) is 36.1. The molecule has 4 heterocycles. The third kappa shape index (κ3) is 4.61. The number of fused-ring (bicyclic) bond motifs is 1. The topological polar surface area (TPSA) is 131 Å². The maximum absolute atomic E-state index is 15.4. The number of anilines is 1. The minimum absolute atomic E-state index is 0.0141. The molecule has 1 aliphatic carbocycles. The highest BCUT2D eigenvalue weighted by molar-refractivity contribution is 6.31. The van der Waals surface area contributed by atoms with E-state index in [9.17, 15) is 9.59 Å². The van der Waals surface area contributed by atoms with Crippen LogP contribution in [0.3, 0.4) is 0 Å². The van der Waals surface area contributed by atoms with Crippen LogP contribution < -0.4 is 10.1 Å². The Labute approximate surface area is 244 Å². The number of carbonyl (C=O) groups is 2. The van der Waals surface area contributed by atoms with Crippen LogP contribution in [0.15, 0.2) is 48.9 Å². The zero-order valence-electron chi connectivity index (χ0n) is 22.6. The number of halogens is 2. The summed E-state index contributed by atoms with van der Waals surface area (Å²) in [6.07, 6.45) is 8.26. The first-order valence-corrected chi connectivity index (χ1v) is 14.1. The van der Waals surface area contributed by atoms with Gasteiger partial charge in [-0.25, -0.2) is 9.37 Å². The molecule has 2 N–H and O–H groups in total. The van der Waals surface area contributed by atoms with Crippen LogP contribution in [0.5, 0.6) is 5.75 Å². The summed E-state index contributed by atoms with van der Waals surface area (Å²) in [6.45, 7) is 0. The molecule has 1 saturated heterocycles. The van der Waals surface area contributed by atoms with E-state index >= 15 is 4.39 Å². The standard InChI is InChI=1S/C29H26ClFN8O3/c1-42-18-5-6-19(21(12-18)35-29(41)15-2-3-15)22-13-32-28(34-22)24-8-4-17-10-16(11-25(40)39(17)24)26-23(38-14-33-36-37-38)9-7-20(30)27(26)31/h5-7,9,11-15,17,24H,2-4,8,10H2,1H3,(H,32,34)(H,35,41)/t17-,24-/m0/s1. The number of amides is 2. The average Bonchev–Trinajstić information content (AvgIpc) is 3.34. The lowest BCUT2D eigenvalue weighted by molar-refractivity contribution is -0.129. The van der Waals surface area contributed by atoms with Crippen molar-refractivity contribution in [2.75, 3.05) is 12.4 Å². The Balaban J connectivity index is 1.18. The summed E-state index contributed by atoms with van der Waals surface area (Å²) in [7, 11) is 1.58. The molecule has 0 radical (unpaired) electrons. The Hall–Kier alpha value is -4.58. The number of H-pyrrole nitrogens is 1. The van der Waals surface area contributed by atoms with Gasteiger partial charge in [0.05, 0.1) is 35.2 Å². The van der Waals surface area contributed by atoms with E-state index in [4.69, 9.17) is 21.3 Å². The van der Waals surface area contributed by atoms with Crippen LogP contribution in [-0.4, -0.2) is 60.0 Å². The zero-order valence-corrected chi connectivity index (χ0v) is 23.3. The molecule has 3 aliphatic rings. The molecule has 13 heteroatoms. The van der Waals surface area contributed by atoms with Crippen molar-refractivity contribution < 1.29 is 18.7 Å². The van der Waals surface area contributed by atoms with E-state index in [1.165, 1.54) is 23.2 Å². The van der Waals surface area contributed by atoms with E-state index in [-0.39, 0.29) is 40.4 Å². The van der Waals surface area contributed by atoms with Crippen LogP contribution in [-0.2, 0) is 9.59 Å². The number of methoxy groups -OCH3 is 1. The average molecular weight is 589 g/mol. The molecule has 11 nitrogen and oxygen atoms in total. The first-order valence-electron chi connectivity index (χ1n) is 13.7. The van der Waals surface area contributed by atoms with Gasteiger partial charge in [0.25, 0.3) is 0 Å². The first-order chi connectivity index (χ1) is 20.4. The number of hydrogen-bond acceptors (Lipinski definition) is 7. The van der Waals surface area contributed by atoms with Gasteiger partial charge in [-0.3, -0.25) is 9.59 Å². The third-order valence-corrected chi connectivity index (χ3v) is 8.41. The summed E-state index contributed by atoms with van der Waals surface area (Å²) in [5.41, 5.74) is 3.19. The van der Waals surface area contributed by atoms with E-state index < -0.39 is 5.82 Å². The summed E-state index contributed by atoms with van der Waals surface area (Å²) in [5, 5.41) is 14.2. The molecule has 1 saturated carbocycles. The fourth-order valence-corrected chi connectivity index (χ4v) is 6.06. The molecule has 2 aromatic heterocycles. The van der Waals surface area contributed by atoms with Gasteiger partial charge in [-0.15, -0.1) is 5.10 Å². The summed E-state index contributed by atoms with van der Waals surface area (Å²) < 4.78 is 22.1. The SMILES string of the molecule is COc1ccc(-c2c[nH]c([C@@H]3CC[C@H]4CC(c5c(-n6cnnn6)ccc(Cl)c5F)=CC(=O)N43)n2)c(NC(=O)C2CC2)c1. The van der Waals surface area contributed by atoms with Gasteiger partial charge in [0.1, 0.15) is 17.9 Å². The van der Waals surface area contributed by atoms with Crippen LogP contribution in [0, 0.1) is 11.7 Å². The summed E-state index contributed by atoms with van der Waals surface area (Å²) in [5.74, 6) is 0.454. The number of rotatable bonds is 7. The predicted molar refractivity (Wildman–Crippen MR) is 151 cm³/mol. The van der Waals surface area contributed by atoms with Crippen molar-refractivity contribution in [1.29, 1.82) is 0 Å². The number of benzene rings is 2. The van der Waals surface area contributed by atoms with Crippen molar-refractivity contribution in [1.82, 2.24) is 35.1 Å². The van der Waals surface area contributed by atoms with Crippen molar-refractivity contribution in [3.05, 3.63) is 71.2 Å². The molecule has 0 bridgehead atoms. The second-order valence-corrected chi connectivity index (χ2v) is 11.1. The molecule has 2 aliphatic heterocycles. The number of hydrogen-bond donors (Lipinski definition) is 2. The molecular weight excluding hydrogens is 563 g/mol. The number of carbonyl (C=O) groups excluding carboxylic acids is 2. The Kier molecular flexibility index (Phi) is 6.49. The van der Waals surface area contributed by atoms with E-state index in [1.807, 2.05) is 17.0 Å². The molecule has 0 spiro atoms. The number of imidazole rings is 1. The van der Waals surface area contributed by atoms with Crippen molar-refractivity contribution >= 4 is 34.7 Å². The van der Waals surface area contributed by atoms with Crippen LogP contribution in [0.4, 0.5) is 10.1 Å². The maximum Gasteiger partial charge on any atom is 0.247 e. The second kappa shape index (κ2) is 10.4. The number of nitrogens with one attached hydrogen (secondary N) is 2. The molecule has 2 fully saturated rings.